The molecule has 0 aromatic carbocycles. The zero-order valence-corrected chi connectivity index (χ0v) is 20.3. The fraction of sp³-hybridized carbons (Fsp3) is 1.00. The lowest BCUT2D eigenvalue weighted by Crippen LogP contribution is -1.99. The van der Waals surface area contributed by atoms with Gasteiger partial charge in [0.1, 0.15) is 6.07 Å². The number of hydrogen-bond donors (Lipinski definition) is 2. The molecule has 0 aromatic heterocycles. The molecular weight excluding hydrogens is 461 g/mol. The number of halogens is 2. The maximum Gasteiger partial charge on any atom is 0.474 e. The summed E-state index contributed by atoms with van der Waals surface area (Å²) >= 11 is 9.83. The van der Waals surface area contributed by atoms with Gasteiger partial charge in [0, 0.05) is 0 Å². The molecule has 1 unspecified atom stereocenters. The van der Waals surface area contributed by atoms with E-state index in [0.717, 1.165) is 6.61 Å². The van der Waals surface area contributed by atoms with E-state index in [-0.39, 0.29) is 19.3 Å². The fourth-order valence-corrected chi connectivity index (χ4v) is 3.18. The number of phosphoric ester groups is 2. The van der Waals surface area contributed by atoms with E-state index in [1.54, 1.807) is 34.6 Å². The fourth-order valence-electron chi connectivity index (χ4n) is 1.11. The standard InChI is InChI=1S/C6H15O4P.C4H11O4P.C3H5ClO.CH3ClO/c1-4-8-11(7,9-5-2)10-6-3;1-3-7-9(5,6)8-4-2;4-1-3-2-5-3;2-1-3/h4-6H2,1-3H3;3-4H2,1-2H3,(H,5,6);3H,1-2H2;3H,1H2. The Balaban J connectivity index is -0.000000327. The summed E-state index contributed by atoms with van der Waals surface area (Å²) in [6, 6.07) is -0.278. The van der Waals surface area contributed by atoms with Crippen molar-refractivity contribution in [2.75, 3.05) is 51.6 Å². The number of ether oxygens (including phenoxy) is 1. The number of alkyl halides is 2. The molecule has 10 nitrogen and oxygen atoms in total. The van der Waals surface area contributed by atoms with E-state index in [4.69, 9.17) is 39.9 Å². The Hall–Kier alpha value is 0.720. The molecule has 14 heteroatoms. The van der Waals surface area contributed by atoms with Gasteiger partial charge in [0.15, 0.2) is 0 Å². The molecule has 174 valence electrons. The number of aliphatic hydroxyl groups excluding tert-OH is 1. The highest BCUT2D eigenvalue weighted by molar-refractivity contribution is 7.48. The number of epoxide rings is 1. The summed E-state index contributed by atoms with van der Waals surface area (Å²) in [6.45, 7) is 10.7. The van der Waals surface area contributed by atoms with Crippen molar-refractivity contribution in [2.24, 2.45) is 0 Å². The van der Waals surface area contributed by atoms with Crippen LogP contribution in [0.3, 0.4) is 0 Å². The molecule has 0 spiro atoms. The van der Waals surface area contributed by atoms with Crippen LogP contribution in [0.2, 0.25) is 0 Å². The summed E-state index contributed by atoms with van der Waals surface area (Å²) in [5.74, 6) is 0.667. The van der Waals surface area contributed by atoms with Gasteiger partial charge < -0.3 is 14.7 Å². The van der Waals surface area contributed by atoms with Gasteiger partial charge in [-0.05, 0) is 34.6 Å². The molecule has 0 bridgehead atoms. The van der Waals surface area contributed by atoms with Crippen molar-refractivity contribution < 1.29 is 46.5 Å². The first-order valence-electron chi connectivity index (χ1n) is 8.65. The molecule has 1 saturated heterocycles. The molecule has 1 aliphatic heterocycles. The zero-order chi connectivity index (χ0) is 22.5. The molecule has 1 rings (SSSR count). The first-order chi connectivity index (χ1) is 13.1. The first-order valence-corrected chi connectivity index (χ1v) is 12.7. The van der Waals surface area contributed by atoms with Crippen LogP contribution in [0.25, 0.3) is 0 Å². The minimum Gasteiger partial charge on any atom is -0.381 e. The van der Waals surface area contributed by atoms with Gasteiger partial charge >= 0.3 is 15.6 Å². The lowest BCUT2D eigenvalue weighted by Gasteiger charge is -2.14. The lowest BCUT2D eigenvalue weighted by molar-refractivity contribution is 0.126. The maximum absolute atomic E-state index is 11.3. The van der Waals surface area contributed by atoms with Gasteiger partial charge in [-0.15, -0.1) is 11.6 Å². The number of phosphoric acid groups is 2. The van der Waals surface area contributed by atoms with E-state index in [9.17, 15) is 9.13 Å². The van der Waals surface area contributed by atoms with Gasteiger partial charge in [0.2, 0.25) is 0 Å². The van der Waals surface area contributed by atoms with Crippen LogP contribution >= 0.6 is 38.8 Å². The SMILES string of the molecule is CCOP(=O)(O)OCC.CCOP(=O)(OCC)OCC.ClCC1CO1.OCCl. The highest BCUT2D eigenvalue weighted by atomic mass is 35.5. The van der Waals surface area contributed by atoms with Crippen LogP contribution in [0.15, 0.2) is 0 Å². The average Bonchev–Trinajstić information content (AvgIpc) is 3.41. The maximum atomic E-state index is 11.3. The Morgan fingerprint density at radius 3 is 1.29 bits per heavy atom. The Morgan fingerprint density at radius 2 is 1.14 bits per heavy atom. The Bertz CT molecular complexity index is 380. The van der Waals surface area contributed by atoms with Gasteiger partial charge in [-0.2, -0.15) is 0 Å². The summed E-state index contributed by atoms with van der Waals surface area (Å²) in [4.78, 5) is 8.63. The van der Waals surface area contributed by atoms with Crippen molar-refractivity contribution in [1.29, 1.82) is 0 Å². The molecule has 0 radical (unpaired) electrons. The second kappa shape index (κ2) is 22.4. The summed E-state index contributed by atoms with van der Waals surface area (Å²) in [7, 11) is -6.91. The molecule has 28 heavy (non-hydrogen) atoms. The van der Waals surface area contributed by atoms with Crippen molar-refractivity contribution in [3.8, 4) is 0 Å². The van der Waals surface area contributed by atoms with E-state index in [0.29, 0.717) is 31.8 Å². The number of rotatable bonds is 11. The van der Waals surface area contributed by atoms with Crippen molar-refractivity contribution in [2.45, 2.75) is 40.7 Å². The van der Waals surface area contributed by atoms with Gasteiger partial charge in [0.05, 0.1) is 51.6 Å². The van der Waals surface area contributed by atoms with Gasteiger partial charge in [-0.25, -0.2) is 9.13 Å². The molecular formula is C14H34Cl2O10P2. The largest absolute Gasteiger partial charge is 0.474 e. The van der Waals surface area contributed by atoms with Crippen LogP contribution in [0.5, 0.6) is 0 Å². The van der Waals surface area contributed by atoms with E-state index in [2.05, 4.69) is 20.6 Å². The zero-order valence-electron chi connectivity index (χ0n) is 17.0. The second-order valence-electron chi connectivity index (χ2n) is 4.23. The topological polar surface area (TPSA) is 133 Å². The highest BCUT2D eigenvalue weighted by Gasteiger charge is 2.23. The van der Waals surface area contributed by atoms with E-state index in [1.807, 2.05) is 0 Å². The summed E-state index contributed by atoms with van der Waals surface area (Å²) in [5.41, 5.74) is 0. The van der Waals surface area contributed by atoms with E-state index in [1.165, 1.54) is 0 Å². The van der Waals surface area contributed by atoms with E-state index >= 15 is 0 Å². The van der Waals surface area contributed by atoms with Gasteiger partial charge in [0.25, 0.3) is 0 Å². The Kier molecular flexibility index (Phi) is 26.7. The average molecular weight is 495 g/mol. The van der Waals surface area contributed by atoms with Crippen LogP contribution in [0.4, 0.5) is 0 Å². The summed E-state index contributed by atoms with van der Waals surface area (Å²) < 4.78 is 49.8. The molecule has 1 heterocycles. The van der Waals surface area contributed by atoms with Gasteiger partial charge in [-0.3, -0.25) is 22.6 Å². The van der Waals surface area contributed by atoms with E-state index < -0.39 is 15.6 Å². The number of aliphatic hydroxyl groups is 1. The molecule has 0 saturated carbocycles. The molecule has 1 fully saturated rings. The van der Waals surface area contributed by atoms with Crippen LogP contribution in [0.1, 0.15) is 34.6 Å². The Morgan fingerprint density at radius 1 is 0.857 bits per heavy atom. The van der Waals surface area contributed by atoms with Crippen molar-refractivity contribution in [1.82, 2.24) is 0 Å². The molecule has 1 atom stereocenters. The van der Waals surface area contributed by atoms with Crippen LogP contribution in [-0.2, 0) is 36.5 Å². The number of hydrogen-bond acceptors (Lipinski definition) is 9. The van der Waals surface area contributed by atoms with Crippen LogP contribution in [-0.4, -0.2) is 67.7 Å². The minimum atomic E-state index is -3.69. The smallest absolute Gasteiger partial charge is 0.381 e. The lowest BCUT2D eigenvalue weighted by atomic mass is 10.6. The minimum absolute atomic E-state index is 0.188. The molecule has 2 N–H and O–H groups in total. The molecule has 0 aliphatic carbocycles. The monoisotopic (exact) mass is 494 g/mol. The van der Waals surface area contributed by atoms with Crippen molar-refractivity contribution >= 4 is 38.8 Å². The predicted octanol–water partition coefficient (Wildman–Crippen LogP) is 4.16. The quantitative estimate of drug-likeness (QED) is 0.245. The third kappa shape index (κ3) is 26.7. The molecule has 1 aliphatic rings. The summed E-state index contributed by atoms with van der Waals surface area (Å²) in [6.07, 6.45) is 0.400. The van der Waals surface area contributed by atoms with Gasteiger partial charge in [-0.1, -0.05) is 11.6 Å². The highest BCUT2D eigenvalue weighted by Crippen LogP contribution is 2.48. The van der Waals surface area contributed by atoms with Crippen LogP contribution in [0, 0.1) is 0 Å². The summed E-state index contributed by atoms with van der Waals surface area (Å²) in [5, 5.41) is 7.33. The van der Waals surface area contributed by atoms with Crippen molar-refractivity contribution in [3.63, 3.8) is 0 Å². The predicted molar refractivity (Wildman–Crippen MR) is 109 cm³/mol. The third-order valence-corrected chi connectivity index (χ3v) is 5.26. The third-order valence-electron chi connectivity index (χ3n) is 2.02. The van der Waals surface area contributed by atoms with Crippen molar-refractivity contribution in [3.05, 3.63) is 0 Å². The first kappa shape index (κ1) is 33.4. The van der Waals surface area contributed by atoms with Crippen LogP contribution < -0.4 is 0 Å². The molecule has 0 aromatic rings. The Labute approximate surface area is 177 Å². The molecule has 0 amide bonds. The second-order valence-corrected chi connectivity index (χ2v) is 7.90. The normalized spacial score (nSPS) is 15.2.